The number of furan rings is 1. The second kappa shape index (κ2) is 7.83. The second-order valence-electron chi connectivity index (χ2n) is 6.84. The number of anilines is 1. The summed E-state index contributed by atoms with van der Waals surface area (Å²) in [5, 5.41) is 11.3. The molecule has 3 aromatic rings. The predicted octanol–water partition coefficient (Wildman–Crippen LogP) is 5.80. The highest BCUT2D eigenvalue weighted by atomic mass is 35.5. The number of Topliss-reactive ketones (excluding diaryl/α,β-unsaturated/α-hetero) is 1. The molecule has 5 nitrogen and oxygen atoms in total. The van der Waals surface area contributed by atoms with Crippen LogP contribution in [0.1, 0.15) is 23.1 Å². The number of rotatable bonds is 3. The minimum Gasteiger partial charge on any atom is -0.507 e. The fourth-order valence-electron chi connectivity index (χ4n) is 3.40. The van der Waals surface area contributed by atoms with Crippen molar-refractivity contribution in [3.63, 3.8) is 0 Å². The molecule has 4 rings (SSSR count). The third kappa shape index (κ3) is 3.60. The molecule has 1 saturated heterocycles. The molecule has 1 amide bonds. The van der Waals surface area contributed by atoms with Crippen LogP contribution in [0.25, 0.3) is 5.76 Å². The number of halogens is 4. The van der Waals surface area contributed by atoms with Gasteiger partial charge in [-0.25, -0.2) is 8.78 Å². The van der Waals surface area contributed by atoms with E-state index in [2.05, 4.69) is 0 Å². The summed E-state index contributed by atoms with van der Waals surface area (Å²) >= 11 is 11.9. The van der Waals surface area contributed by atoms with Gasteiger partial charge in [0.15, 0.2) is 11.6 Å². The molecule has 1 aromatic heterocycles. The third-order valence-electron chi connectivity index (χ3n) is 4.85. The van der Waals surface area contributed by atoms with Crippen LogP contribution in [0.15, 0.2) is 58.5 Å². The van der Waals surface area contributed by atoms with Gasteiger partial charge in [0.2, 0.25) is 0 Å². The van der Waals surface area contributed by atoms with Gasteiger partial charge in [-0.1, -0.05) is 23.2 Å². The van der Waals surface area contributed by atoms with E-state index in [-0.39, 0.29) is 32.6 Å². The average Bonchev–Trinajstić information content (AvgIpc) is 3.27. The van der Waals surface area contributed by atoms with Crippen molar-refractivity contribution < 1.29 is 27.9 Å². The molecule has 9 heteroatoms. The van der Waals surface area contributed by atoms with E-state index in [1.54, 1.807) is 13.0 Å². The lowest BCUT2D eigenvalue weighted by Gasteiger charge is -2.23. The highest BCUT2D eigenvalue weighted by Crippen LogP contribution is 2.43. The Kier molecular flexibility index (Phi) is 5.33. The Morgan fingerprint density at radius 2 is 1.74 bits per heavy atom. The standard InChI is InChI=1S/C22H13Cl2F2NO4/c1-10-2-7-17(31-10)19-18(20(28)11-3-5-13(23)14(24)8-11)21(29)22(30)27(19)12-4-6-15(25)16(26)9-12/h2-9,19,28H,1H3/b20-18-. The van der Waals surface area contributed by atoms with Crippen molar-refractivity contribution >= 4 is 46.3 Å². The zero-order valence-electron chi connectivity index (χ0n) is 15.8. The molecular weight excluding hydrogens is 451 g/mol. The molecule has 31 heavy (non-hydrogen) atoms. The van der Waals surface area contributed by atoms with Gasteiger partial charge in [0, 0.05) is 17.3 Å². The van der Waals surface area contributed by atoms with Gasteiger partial charge in [0.25, 0.3) is 11.7 Å². The first-order chi connectivity index (χ1) is 14.7. The highest BCUT2D eigenvalue weighted by molar-refractivity contribution is 6.51. The second-order valence-corrected chi connectivity index (χ2v) is 7.66. The summed E-state index contributed by atoms with van der Waals surface area (Å²) in [6, 6.07) is 8.92. The minimum atomic E-state index is -1.21. The van der Waals surface area contributed by atoms with Crippen molar-refractivity contribution in [2.75, 3.05) is 4.90 Å². The van der Waals surface area contributed by atoms with Gasteiger partial charge >= 0.3 is 0 Å². The Morgan fingerprint density at radius 3 is 2.35 bits per heavy atom. The summed E-state index contributed by atoms with van der Waals surface area (Å²) in [5.74, 6) is -4.23. The Hall–Kier alpha value is -3.16. The van der Waals surface area contributed by atoms with E-state index in [0.717, 1.165) is 23.1 Å². The Bertz CT molecular complexity index is 1270. The quantitative estimate of drug-likeness (QED) is 0.302. The Morgan fingerprint density at radius 1 is 1.00 bits per heavy atom. The molecule has 2 heterocycles. The van der Waals surface area contributed by atoms with Gasteiger partial charge in [0.1, 0.15) is 23.3 Å². The van der Waals surface area contributed by atoms with E-state index < -0.39 is 35.1 Å². The van der Waals surface area contributed by atoms with E-state index in [4.69, 9.17) is 27.6 Å². The normalized spacial score (nSPS) is 18.1. The van der Waals surface area contributed by atoms with Crippen molar-refractivity contribution in [2.24, 2.45) is 0 Å². The molecular formula is C22H13Cl2F2NO4. The number of amides is 1. The van der Waals surface area contributed by atoms with E-state index in [0.29, 0.717) is 5.76 Å². The van der Waals surface area contributed by atoms with E-state index in [1.807, 2.05) is 0 Å². The van der Waals surface area contributed by atoms with Crippen molar-refractivity contribution in [3.05, 3.63) is 92.9 Å². The largest absolute Gasteiger partial charge is 0.507 e. The fraction of sp³-hybridized carbons (Fsp3) is 0.0909. The van der Waals surface area contributed by atoms with E-state index in [9.17, 15) is 23.5 Å². The number of nitrogens with zero attached hydrogens (tertiary/aromatic N) is 1. The Labute approximate surface area is 185 Å². The SMILES string of the molecule is Cc1ccc(C2/C(=C(/O)c3ccc(Cl)c(Cl)c3)C(=O)C(=O)N2c2ccc(F)c(F)c2)o1. The average molecular weight is 464 g/mol. The van der Waals surface area contributed by atoms with Gasteiger partial charge in [-0.05, 0) is 49.4 Å². The summed E-state index contributed by atoms with van der Waals surface area (Å²) in [4.78, 5) is 26.8. The van der Waals surface area contributed by atoms with Crippen LogP contribution in [0.4, 0.5) is 14.5 Å². The van der Waals surface area contributed by atoms with Crippen molar-refractivity contribution in [1.29, 1.82) is 0 Å². The predicted molar refractivity (Wildman–Crippen MR) is 111 cm³/mol. The molecule has 0 aliphatic carbocycles. The zero-order chi connectivity index (χ0) is 22.4. The first kappa shape index (κ1) is 21.1. The fourth-order valence-corrected chi connectivity index (χ4v) is 3.70. The van der Waals surface area contributed by atoms with E-state index >= 15 is 0 Å². The van der Waals surface area contributed by atoms with E-state index in [1.165, 1.54) is 24.3 Å². The number of carbonyl (C=O) groups is 2. The van der Waals surface area contributed by atoms with Gasteiger partial charge < -0.3 is 9.52 Å². The molecule has 1 unspecified atom stereocenters. The molecule has 2 aromatic carbocycles. The topological polar surface area (TPSA) is 70.8 Å². The van der Waals surface area contributed by atoms with Crippen molar-refractivity contribution in [2.45, 2.75) is 13.0 Å². The number of aryl methyl sites for hydroxylation is 1. The van der Waals surface area contributed by atoms with Gasteiger partial charge in [-0.15, -0.1) is 0 Å². The summed E-state index contributed by atoms with van der Waals surface area (Å²) < 4.78 is 32.9. The lowest BCUT2D eigenvalue weighted by molar-refractivity contribution is -0.132. The number of hydrogen-bond acceptors (Lipinski definition) is 4. The summed E-state index contributed by atoms with van der Waals surface area (Å²) in [7, 11) is 0. The molecule has 1 N–H and O–H groups in total. The number of carbonyl (C=O) groups excluding carboxylic acids is 2. The lowest BCUT2D eigenvalue weighted by Crippen LogP contribution is -2.29. The third-order valence-corrected chi connectivity index (χ3v) is 5.59. The number of aliphatic hydroxyl groups is 1. The van der Waals surface area contributed by atoms with Crippen LogP contribution in [-0.2, 0) is 9.59 Å². The molecule has 158 valence electrons. The van der Waals surface area contributed by atoms with Gasteiger partial charge in [-0.2, -0.15) is 0 Å². The summed E-state index contributed by atoms with van der Waals surface area (Å²) in [6.07, 6.45) is 0. The van der Waals surface area contributed by atoms with Crippen LogP contribution in [0.3, 0.4) is 0 Å². The first-order valence-corrected chi connectivity index (χ1v) is 9.72. The van der Waals surface area contributed by atoms with Crippen LogP contribution in [0.5, 0.6) is 0 Å². The highest BCUT2D eigenvalue weighted by Gasteiger charge is 2.48. The maximum absolute atomic E-state index is 13.9. The van der Waals surface area contributed by atoms with Crippen LogP contribution < -0.4 is 4.90 Å². The molecule has 0 bridgehead atoms. The smallest absolute Gasteiger partial charge is 0.300 e. The lowest BCUT2D eigenvalue weighted by atomic mass is 9.99. The summed E-state index contributed by atoms with van der Waals surface area (Å²) in [6.45, 7) is 1.66. The van der Waals surface area contributed by atoms with Gasteiger partial charge in [0.05, 0.1) is 15.6 Å². The zero-order valence-corrected chi connectivity index (χ0v) is 17.3. The molecule has 0 radical (unpaired) electrons. The van der Waals surface area contributed by atoms with Crippen LogP contribution in [-0.4, -0.2) is 16.8 Å². The molecule has 0 spiro atoms. The molecule has 1 atom stereocenters. The molecule has 0 saturated carbocycles. The monoisotopic (exact) mass is 463 g/mol. The number of benzene rings is 2. The molecule has 1 aliphatic heterocycles. The summed E-state index contributed by atoms with van der Waals surface area (Å²) in [5.41, 5.74) is -0.221. The Balaban J connectivity index is 1.95. The van der Waals surface area contributed by atoms with Crippen molar-refractivity contribution in [1.82, 2.24) is 0 Å². The number of ketones is 1. The molecule has 1 fully saturated rings. The number of aliphatic hydroxyl groups excluding tert-OH is 1. The minimum absolute atomic E-state index is 0.0757. The molecule has 1 aliphatic rings. The van der Waals surface area contributed by atoms with Gasteiger partial charge in [-0.3, -0.25) is 14.5 Å². The van der Waals surface area contributed by atoms with Crippen LogP contribution in [0, 0.1) is 18.6 Å². The van der Waals surface area contributed by atoms with Crippen LogP contribution >= 0.6 is 23.2 Å². The van der Waals surface area contributed by atoms with Crippen molar-refractivity contribution in [3.8, 4) is 0 Å². The maximum atomic E-state index is 13.9. The number of hydrogen-bond donors (Lipinski definition) is 1. The first-order valence-electron chi connectivity index (χ1n) is 8.97. The van der Waals surface area contributed by atoms with Crippen LogP contribution in [0.2, 0.25) is 10.0 Å². The maximum Gasteiger partial charge on any atom is 0.300 e.